The fraction of sp³-hybridized carbons (Fsp3) is 1.00. The zero-order chi connectivity index (χ0) is 10.0. The zero-order valence-electron chi connectivity index (χ0n) is 9.10. The number of alkyl halides is 1. The van der Waals surface area contributed by atoms with Gasteiger partial charge in [0.25, 0.3) is 0 Å². The molecule has 2 unspecified atom stereocenters. The van der Waals surface area contributed by atoms with Crippen molar-refractivity contribution >= 4 is 15.9 Å². The highest BCUT2D eigenvalue weighted by Gasteiger charge is 2.49. The SMILES string of the molecule is CCCCC1(CBr)CCOC1C1CC1. The van der Waals surface area contributed by atoms with Crippen LogP contribution < -0.4 is 0 Å². The highest BCUT2D eigenvalue weighted by atomic mass is 79.9. The van der Waals surface area contributed by atoms with Gasteiger partial charge in [0, 0.05) is 17.4 Å². The summed E-state index contributed by atoms with van der Waals surface area (Å²) >= 11 is 3.72. The Bertz CT molecular complexity index is 191. The molecule has 1 saturated heterocycles. The van der Waals surface area contributed by atoms with Crippen LogP contribution in [-0.2, 0) is 4.74 Å². The van der Waals surface area contributed by atoms with E-state index < -0.39 is 0 Å². The lowest BCUT2D eigenvalue weighted by atomic mass is 9.77. The van der Waals surface area contributed by atoms with Crippen molar-refractivity contribution in [2.24, 2.45) is 11.3 Å². The van der Waals surface area contributed by atoms with Crippen LogP contribution in [0.15, 0.2) is 0 Å². The maximum absolute atomic E-state index is 5.95. The summed E-state index contributed by atoms with van der Waals surface area (Å²) in [7, 11) is 0. The number of ether oxygens (including phenoxy) is 1. The van der Waals surface area contributed by atoms with E-state index in [0.29, 0.717) is 11.5 Å². The van der Waals surface area contributed by atoms with Gasteiger partial charge in [-0.25, -0.2) is 0 Å². The van der Waals surface area contributed by atoms with Crippen LogP contribution >= 0.6 is 15.9 Å². The van der Waals surface area contributed by atoms with Crippen LogP contribution in [0.25, 0.3) is 0 Å². The first-order valence-corrected chi connectivity index (χ1v) is 7.12. The molecule has 0 aromatic carbocycles. The first-order chi connectivity index (χ1) is 6.82. The van der Waals surface area contributed by atoms with E-state index in [0.717, 1.165) is 17.9 Å². The standard InChI is InChI=1S/C12H21BrO/c1-2-3-6-12(9-13)7-8-14-11(12)10-4-5-10/h10-11H,2-9H2,1H3. The van der Waals surface area contributed by atoms with Crippen molar-refractivity contribution in [2.45, 2.75) is 51.6 Å². The molecule has 2 aliphatic rings. The molecule has 82 valence electrons. The minimum atomic E-state index is 0.483. The molecule has 1 nitrogen and oxygen atoms in total. The Balaban J connectivity index is 1.99. The Labute approximate surface area is 95.7 Å². The van der Waals surface area contributed by atoms with E-state index in [2.05, 4.69) is 22.9 Å². The molecule has 2 atom stereocenters. The molecule has 0 aromatic rings. The lowest BCUT2D eigenvalue weighted by Crippen LogP contribution is -2.34. The number of unbranched alkanes of at least 4 members (excludes halogenated alkanes) is 1. The minimum Gasteiger partial charge on any atom is -0.377 e. The van der Waals surface area contributed by atoms with Gasteiger partial charge in [-0.3, -0.25) is 0 Å². The lowest BCUT2D eigenvalue weighted by Gasteiger charge is -2.32. The summed E-state index contributed by atoms with van der Waals surface area (Å²) < 4.78 is 5.95. The van der Waals surface area contributed by atoms with Crippen molar-refractivity contribution in [3.8, 4) is 0 Å². The molecule has 0 radical (unpaired) electrons. The van der Waals surface area contributed by atoms with E-state index in [1.165, 1.54) is 38.5 Å². The fourth-order valence-corrected chi connectivity index (χ4v) is 3.63. The summed E-state index contributed by atoms with van der Waals surface area (Å²) in [6.07, 6.45) is 8.70. The third kappa shape index (κ3) is 2.01. The van der Waals surface area contributed by atoms with Crippen LogP contribution in [0, 0.1) is 11.3 Å². The molecule has 0 amide bonds. The summed E-state index contributed by atoms with van der Waals surface area (Å²) in [6, 6.07) is 0. The highest BCUT2D eigenvalue weighted by Crippen LogP contribution is 2.50. The monoisotopic (exact) mass is 260 g/mol. The second kappa shape index (κ2) is 4.52. The zero-order valence-corrected chi connectivity index (χ0v) is 10.7. The summed E-state index contributed by atoms with van der Waals surface area (Å²) in [5.41, 5.74) is 0.483. The van der Waals surface area contributed by atoms with Gasteiger partial charge in [-0.2, -0.15) is 0 Å². The smallest absolute Gasteiger partial charge is 0.0668 e. The van der Waals surface area contributed by atoms with Crippen LogP contribution in [0.5, 0.6) is 0 Å². The quantitative estimate of drug-likeness (QED) is 0.685. The number of rotatable bonds is 5. The van der Waals surface area contributed by atoms with Crippen LogP contribution in [0.1, 0.15) is 45.4 Å². The number of hydrogen-bond acceptors (Lipinski definition) is 1. The average molecular weight is 261 g/mol. The van der Waals surface area contributed by atoms with Gasteiger partial charge in [-0.1, -0.05) is 35.7 Å². The summed E-state index contributed by atoms with van der Waals surface area (Å²) in [5.74, 6) is 0.895. The average Bonchev–Trinajstić information content (AvgIpc) is 2.97. The molecule has 0 N–H and O–H groups in total. The first kappa shape index (κ1) is 10.9. The molecular weight excluding hydrogens is 240 g/mol. The van der Waals surface area contributed by atoms with Gasteiger partial charge in [0.1, 0.15) is 0 Å². The maximum atomic E-state index is 5.95. The molecule has 0 aromatic heterocycles. The highest BCUT2D eigenvalue weighted by molar-refractivity contribution is 9.09. The Kier molecular flexibility index (Phi) is 3.54. The number of halogens is 1. The van der Waals surface area contributed by atoms with Crippen molar-refractivity contribution in [3.63, 3.8) is 0 Å². The fourth-order valence-electron chi connectivity index (χ4n) is 2.75. The lowest BCUT2D eigenvalue weighted by molar-refractivity contribution is 0.0368. The maximum Gasteiger partial charge on any atom is 0.0668 e. The van der Waals surface area contributed by atoms with Crippen molar-refractivity contribution in [2.75, 3.05) is 11.9 Å². The van der Waals surface area contributed by atoms with E-state index in [-0.39, 0.29) is 0 Å². The largest absolute Gasteiger partial charge is 0.377 e. The van der Waals surface area contributed by atoms with Crippen molar-refractivity contribution < 1.29 is 4.74 Å². The predicted molar refractivity (Wildman–Crippen MR) is 62.8 cm³/mol. The van der Waals surface area contributed by atoms with Crippen LogP contribution in [-0.4, -0.2) is 18.0 Å². The Morgan fingerprint density at radius 1 is 1.43 bits per heavy atom. The molecule has 2 rings (SSSR count). The predicted octanol–water partition coefficient (Wildman–Crippen LogP) is 3.76. The molecule has 2 heteroatoms. The van der Waals surface area contributed by atoms with Gasteiger partial charge in [0.2, 0.25) is 0 Å². The second-order valence-corrected chi connectivity index (χ2v) is 5.54. The molecule has 1 aliphatic carbocycles. The molecule has 0 spiro atoms. The molecule has 1 heterocycles. The van der Waals surface area contributed by atoms with E-state index >= 15 is 0 Å². The van der Waals surface area contributed by atoms with Crippen LogP contribution in [0.3, 0.4) is 0 Å². The second-order valence-electron chi connectivity index (χ2n) is 4.98. The third-order valence-electron chi connectivity index (χ3n) is 3.85. The van der Waals surface area contributed by atoms with Crippen molar-refractivity contribution in [3.05, 3.63) is 0 Å². The first-order valence-electron chi connectivity index (χ1n) is 6.00. The van der Waals surface area contributed by atoms with E-state index in [9.17, 15) is 0 Å². The minimum absolute atomic E-state index is 0.483. The Morgan fingerprint density at radius 2 is 2.21 bits per heavy atom. The molecule has 1 aliphatic heterocycles. The summed E-state index contributed by atoms with van der Waals surface area (Å²) in [4.78, 5) is 0. The Morgan fingerprint density at radius 3 is 2.79 bits per heavy atom. The van der Waals surface area contributed by atoms with Crippen molar-refractivity contribution in [1.82, 2.24) is 0 Å². The molecule has 2 fully saturated rings. The van der Waals surface area contributed by atoms with Gasteiger partial charge < -0.3 is 4.74 Å². The van der Waals surface area contributed by atoms with E-state index in [1.807, 2.05) is 0 Å². The van der Waals surface area contributed by atoms with Gasteiger partial charge >= 0.3 is 0 Å². The van der Waals surface area contributed by atoms with Gasteiger partial charge in [-0.15, -0.1) is 0 Å². The molecule has 14 heavy (non-hydrogen) atoms. The van der Waals surface area contributed by atoms with Crippen LogP contribution in [0.2, 0.25) is 0 Å². The van der Waals surface area contributed by atoms with Gasteiger partial charge in [0.05, 0.1) is 6.10 Å². The summed E-state index contributed by atoms with van der Waals surface area (Å²) in [5, 5.41) is 1.14. The topological polar surface area (TPSA) is 9.23 Å². The molecule has 0 bridgehead atoms. The molecule has 1 saturated carbocycles. The summed E-state index contributed by atoms with van der Waals surface area (Å²) in [6.45, 7) is 3.28. The Hall–Kier alpha value is 0.440. The van der Waals surface area contributed by atoms with Crippen molar-refractivity contribution in [1.29, 1.82) is 0 Å². The normalized spacial score (nSPS) is 37.7. The third-order valence-corrected chi connectivity index (χ3v) is 4.96. The van der Waals surface area contributed by atoms with Crippen LogP contribution in [0.4, 0.5) is 0 Å². The van der Waals surface area contributed by atoms with Gasteiger partial charge in [-0.05, 0) is 31.6 Å². The number of hydrogen-bond donors (Lipinski definition) is 0. The molecular formula is C12H21BrO. The van der Waals surface area contributed by atoms with E-state index in [4.69, 9.17) is 4.74 Å². The van der Waals surface area contributed by atoms with E-state index in [1.54, 1.807) is 0 Å². The van der Waals surface area contributed by atoms with Gasteiger partial charge in [0.15, 0.2) is 0 Å².